The normalized spacial score (nSPS) is 17.7. The molecule has 24 heavy (non-hydrogen) atoms. The Labute approximate surface area is 146 Å². The monoisotopic (exact) mass is 336 g/mol. The molecule has 0 aliphatic carbocycles. The van der Waals surface area contributed by atoms with Crippen molar-refractivity contribution < 1.29 is 14.6 Å². The number of nitrogens with zero attached hydrogens (tertiary/aromatic N) is 2. The van der Waals surface area contributed by atoms with Gasteiger partial charge < -0.3 is 19.5 Å². The summed E-state index contributed by atoms with van der Waals surface area (Å²) in [6, 6.07) is 6.03. The Hall–Kier alpha value is -1.30. The Morgan fingerprint density at radius 3 is 2.46 bits per heavy atom. The molecule has 1 aliphatic heterocycles. The number of aliphatic hydroxyl groups excluding tert-OH is 1. The Morgan fingerprint density at radius 2 is 1.88 bits per heavy atom. The van der Waals surface area contributed by atoms with Crippen molar-refractivity contribution in [3.63, 3.8) is 0 Å². The van der Waals surface area contributed by atoms with Gasteiger partial charge in [-0.2, -0.15) is 0 Å². The molecule has 0 amide bonds. The maximum Gasteiger partial charge on any atom is 0.161 e. The first-order valence-electron chi connectivity index (χ1n) is 9.11. The number of unbranched alkanes of at least 4 members (excludes halogenated alkanes) is 1. The first-order valence-corrected chi connectivity index (χ1v) is 9.11. The molecule has 0 radical (unpaired) electrons. The van der Waals surface area contributed by atoms with Crippen LogP contribution in [0.5, 0.6) is 11.5 Å². The van der Waals surface area contributed by atoms with Crippen molar-refractivity contribution >= 4 is 0 Å². The first kappa shape index (κ1) is 19.0. The van der Waals surface area contributed by atoms with Crippen LogP contribution < -0.4 is 9.47 Å². The van der Waals surface area contributed by atoms with Gasteiger partial charge in [-0.25, -0.2) is 0 Å². The number of rotatable bonds is 9. The summed E-state index contributed by atoms with van der Waals surface area (Å²) in [6.45, 7) is 10.3. The number of hydrogen-bond acceptors (Lipinski definition) is 5. The van der Waals surface area contributed by atoms with E-state index >= 15 is 0 Å². The van der Waals surface area contributed by atoms with Gasteiger partial charge in [0, 0.05) is 26.2 Å². The van der Waals surface area contributed by atoms with E-state index in [0.717, 1.165) is 62.6 Å². The predicted molar refractivity (Wildman–Crippen MR) is 96.9 cm³/mol. The van der Waals surface area contributed by atoms with Gasteiger partial charge in [0.2, 0.25) is 0 Å². The van der Waals surface area contributed by atoms with E-state index in [-0.39, 0.29) is 12.6 Å². The van der Waals surface area contributed by atoms with Crippen molar-refractivity contribution in [2.45, 2.75) is 32.7 Å². The zero-order chi connectivity index (χ0) is 17.4. The van der Waals surface area contributed by atoms with Gasteiger partial charge >= 0.3 is 0 Å². The van der Waals surface area contributed by atoms with E-state index in [1.165, 1.54) is 0 Å². The van der Waals surface area contributed by atoms with Crippen LogP contribution in [0.3, 0.4) is 0 Å². The van der Waals surface area contributed by atoms with E-state index < -0.39 is 0 Å². The van der Waals surface area contributed by atoms with Gasteiger partial charge in [-0.05, 0) is 30.7 Å². The van der Waals surface area contributed by atoms with Gasteiger partial charge in [0.15, 0.2) is 11.5 Å². The highest BCUT2D eigenvalue weighted by molar-refractivity contribution is 5.44. The van der Waals surface area contributed by atoms with Gasteiger partial charge in [-0.1, -0.05) is 26.3 Å². The molecule has 1 fully saturated rings. The molecule has 0 saturated carbocycles. The molecule has 1 aliphatic rings. The van der Waals surface area contributed by atoms with Crippen molar-refractivity contribution in [3.8, 4) is 11.5 Å². The lowest BCUT2D eigenvalue weighted by Gasteiger charge is -2.38. The average Bonchev–Trinajstić information content (AvgIpc) is 2.63. The minimum atomic E-state index is 0.0171. The molecule has 136 valence electrons. The Bertz CT molecular complexity index is 488. The lowest BCUT2D eigenvalue weighted by atomic mass is 10.0. The Morgan fingerprint density at radius 1 is 1.12 bits per heavy atom. The summed E-state index contributed by atoms with van der Waals surface area (Å²) in [4.78, 5) is 4.81. The molecule has 1 atom stereocenters. The second-order valence-corrected chi connectivity index (χ2v) is 6.28. The molecule has 1 heterocycles. The highest BCUT2D eigenvalue weighted by Gasteiger charge is 2.24. The third kappa shape index (κ3) is 4.85. The van der Waals surface area contributed by atoms with Crippen LogP contribution in [-0.2, 0) is 0 Å². The summed E-state index contributed by atoms with van der Waals surface area (Å²) in [7, 11) is 1.66. The fourth-order valence-electron chi connectivity index (χ4n) is 3.16. The zero-order valence-electron chi connectivity index (χ0n) is 15.3. The van der Waals surface area contributed by atoms with Crippen LogP contribution in [0.1, 0.15) is 38.3 Å². The maximum absolute atomic E-state index is 9.96. The molecule has 1 unspecified atom stereocenters. The number of likely N-dealkylation sites (N-methyl/N-ethyl adjacent to an activating group) is 1. The number of aliphatic hydroxyl groups is 1. The highest BCUT2D eigenvalue weighted by Crippen LogP contribution is 2.32. The zero-order valence-corrected chi connectivity index (χ0v) is 15.3. The molecule has 2 rings (SSSR count). The SMILES string of the molecule is CCCCOc1cc(C(CO)N2CCN(CC)CC2)ccc1OC. The van der Waals surface area contributed by atoms with E-state index in [1.54, 1.807) is 7.11 Å². The first-order chi connectivity index (χ1) is 11.7. The van der Waals surface area contributed by atoms with Crippen LogP contribution in [0.15, 0.2) is 18.2 Å². The van der Waals surface area contributed by atoms with Crippen molar-refractivity contribution in [1.29, 1.82) is 0 Å². The third-order valence-electron chi connectivity index (χ3n) is 4.80. The molecule has 5 heteroatoms. The molecular formula is C19H32N2O3. The largest absolute Gasteiger partial charge is 0.493 e. The minimum absolute atomic E-state index is 0.0171. The van der Waals surface area contributed by atoms with Gasteiger partial charge in [-0.3, -0.25) is 4.90 Å². The second-order valence-electron chi connectivity index (χ2n) is 6.28. The Kier molecular flexibility index (Phi) is 7.82. The maximum atomic E-state index is 9.96. The van der Waals surface area contributed by atoms with Crippen molar-refractivity contribution in [2.24, 2.45) is 0 Å². The van der Waals surface area contributed by atoms with Gasteiger partial charge in [-0.15, -0.1) is 0 Å². The molecule has 1 saturated heterocycles. The third-order valence-corrected chi connectivity index (χ3v) is 4.80. The predicted octanol–water partition coefficient (Wildman–Crippen LogP) is 2.55. The summed E-state index contributed by atoms with van der Waals surface area (Å²) in [5, 5.41) is 9.96. The smallest absolute Gasteiger partial charge is 0.161 e. The van der Waals surface area contributed by atoms with Crippen molar-refractivity contribution in [3.05, 3.63) is 23.8 Å². The molecular weight excluding hydrogens is 304 g/mol. The van der Waals surface area contributed by atoms with E-state index in [4.69, 9.17) is 9.47 Å². The van der Waals surface area contributed by atoms with E-state index in [0.29, 0.717) is 6.61 Å². The van der Waals surface area contributed by atoms with Crippen molar-refractivity contribution in [2.75, 3.05) is 53.0 Å². The Balaban J connectivity index is 2.11. The van der Waals surface area contributed by atoms with E-state index in [1.807, 2.05) is 18.2 Å². The molecule has 0 aromatic heterocycles. The van der Waals surface area contributed by atoms with Gasteiger partial charge in [0.1, 0.15) is 0 Å². The minimum Gasteiger partial charge on any atom is -0.493 e. The fourth-order valence-corrected chi connectivity index (χ4v) is 3.16. The summed E-state index contributed by atoms with van der Waals surface area (Å²) >= 11 is 0. The van der Waals surface area contributed by atoms with Gasteiger partial charge in [0.05, 0.1) is 26.4 Å². The fraction of sp³-hybridized carbons (Fsp3) is 0.684. The van der Waals surface area contributed by atoms with Crippen LogP contribution in [-0.4, -0.2) is 68.0 Å². The molecule has 1 aromatic carbocycles. The van der Waals surface area contributed by atoms with Crippen molar-refractivity contribution in [1.82, 2.24) is 9.80 Å². The second kappa shape index (κ2) is 9.87. The highest BCUT2D eigenvalue weighted by atomic mass is 16.5. The van der Waals surface area contributed by atoms with Crippen LogP contribution in [0, 0.1) is 0 Å². The lowest BCUT2D eigenvalue weighted by Crippen LogP contribution is -2.48. The number of ether oxygens (including phenoxy) is 2. The molecule has 1 N–H and O–H groups in total. The standard InChI is InChI=1S/C19H32N2O3/c1-4-6-13-24-19-14-16(7-8-18(19)23-3)17(15-22)21-11-9-20(5-2)10-12-21/h7-8,14,17,22H,4-6,9-13,15H2,1-3H3. The molecule has 1 aromatic rings. The number of piperazine rings is 1. The quantitative estimate of drug-likeness (QED) is 0.702. The molecule has 0 spiro atoms. The summed E-state index contributed by atoms with van der Waals surface area (Å²) in [6.07, 6.45) is 2.12. The summed E-state index contributed by atoms with van der Waals surface area (Å²) < 4.78 is 11.3. The van der Waals surface area contributed by atoms with Crippen LogP contribution in [0.4, 0.5) is 0 Å². The van der Waals surface area contributed by atoms with Crippen LogP contribution in [0.25, 0.3) is 0 Å². The van der Waals surface area contributed by atoms with E-state index in [2.05, 4.69) is 23.6 Å². The number of hydrogen-bond donors (Lipinski definition) is 1. The number of methoxy groups -OCH3 is 1. The summed E-state index contributed by atoms with van der Waals surface area (Å²) in [5.74, 6) is 1.52. The summed E-state index contributed by atoms with van der Waals surface area (Å²) in [5.41, 5.74) is 1.09. The average molecular weight is 336 g/mol. The van der Waals surface area contributed by atoms with E-state index in [9.17, 15) is 5.11 Å². The van der Waals surface area contributed by atoms with Crippen LogP contribution >= 0.6 is 0 Å². The lowest BCUT2D eigenvalue weighted by molar-refractivity contribution is 0.0670. The molecule has 0 bridgehead atoms. The topological polar surface area (TPSA) is 45.2 Å². The molecule has 5 nitrogen and oxygen atoms in total. The number of benzene rings is 1. The van der Waals surface area contributed by atoms with Gasteiger partial charge in [0.25, 0.3) is 0 Å². The van der Waals surface area contributed by atoms with Crippen LogP contribution in [0.2, 0.25) is 0 Å².